The highest BCUT2D eigenvalue weighted by molar-refractivity contribution is 7.99. The molecule has 1 aliphatic carbocycles. The molecule has 1 saturated heterocycles. The van der Waals surface area contributed by atoms with Gasteiger partial charge in [-0.05, 0) is 42.0 Å². The predicted molar refractivity (Wildman–Crippen MR) is 119 cm³/mol. The van der Waals surface area contributed by atoms with Crippen molar-refractivity contribution in [3.63, 3.8) is 0 Å². The summed E-state index contributed by atoms with van der Waals surface area (Å²) in [5, 5.41) is 13.0. The Hall–Kier alpha value is -1.85. The third kappa shape index (κ3) is 4.22. The fourth-order valence-corrected chi connectivity index (χ4v) is 5.88. The van der Waals surface area contributed by atoms with E-state index in [1.165, 1.54) is 61.3 Å². The molecule has 4 nitrogen and oxygen atoms in total. The van der Waals surface area contributed by atoms with Crippen molar-refractivity contribution in [1.29, 1.82) is 0 Å². The van der Waals surface area contributed by atoms with Crippen LogP contribution in [-0.2, 0) is 11.2 Å². The lowest BCUT2D eigenvalue weighted by atomic mass is 9.95. The molecule has 0 bridgehead atoms. The van der Waals surface area contributed by atoms with Crippen molar-refractivity contribution in [3.05, 3.63) is 53.9 Å². The van der Waals surface area contributed by atoms with Crippen LogP contribution in [0.4, 0.5) is 0 Å². The van der Waals surface area contributed by atoms with Gasteiger partial charge in [-0.15, -0.1) is 10.2 Å². The maximum absolute atomic E-state index is 5.83. The minimum absolute atomic E-state index is 0.373. The first-order valence-electron chi connectivity index (χ1n) is 11.0. The maximum atomic E-state index is 5.83. The van der Waals surface area contributed by atoms with Crippen molar-refractivity contribution in [2.24, 2.45) is 0 Å². The lowest BCUT2D eigenvalue weighted by Gasteiger charge is -2.26. The van der Waals surface area contributed by atoms with Crippen LogP contribution in [0, 0.1) is 0 Å². The fraction of sp³-hybridized carbons (Fsp3) is 0.500. The van der Waals surface area contributed by atoms with Crippen molar-refractivity contribution >= 4 is 22.5 Å². The Morgan fingerprint density at radius 3 is 2.66 bits per heavy atom. The normalized spacial score (nSPS) is 20.5. The van der Waals surface area contributed by atoms with Crippen LogP contribution in [-0.4, -0.2) is 33.2 Å². The summed E-state index contributed by atoms with van der Waals surface area (Å²) in [7, 11) is 0. The Balaban J connectivity index is 1.44. The van der Waals surface area contributed by atoms with Crippen LogP contribution in [0.3, 0.4) is 0 Å². The van der Waals surface area contributed by atoms with Gasteiger partial charge in [-0.25, -0.2) is 0 Å². The number of hydrogen-bond donors (Lipinski definition) is 0. The lowest BCUT2D eigenvalue weighted by Crippen LogP contribution is -2.17. The van der Waals surface area contributed by atoms with E-state index in [-0.39, 0.29) is 0 Å². The summed E-state index contributed by atoms with van der Waals surface area (Å²) in [4.78, 5) is 0. The van der Waals surface area contributed by atoms with Gasteiger partial charge in [0.25, 0.3) is 0 Å². The molecule has 0 radical (unpaired) electrons. The molecule has 0 amide bonds. The standard InChI is InChI=1S/C24H29N3OS/c1-2-11-20(12-3-1)27-23(25-26-24(27)29-17-21-13-7-15-28-21)16-19-10-6-9-18-8-4-5-14-22(18)19/h4-6,8-10,14,20-21H,1-3,7,11-13,15-17H2/t21-/m1/s1. The van der Waals surface area contributed by atoms with Crippen LogP contribution in [0.2, 0.25) is 0 Å². The molecular weight excluding hydrogens is 378 g/mol. The Bertz CT molecular complexity index is 952. The van der Waals surface area contributed by atoms with E-state index in [9.17, 15) is 0 Å². The minimum atomic E-state index is 0.373. The van der Waals surface area contributed by atoms with E-state index < -0.39 is 0 Å². The van der Waals surface area contributed by atoms with Crippen molar-refractivity contribution in [2.75, 3.05) is 12.4 Å². The molecule has 5 rings (SSSR count). The molecule has 2 heterocycles. The van der Waals surface area contributed by atoms with E-state index in [2.05, 4.69) is 57.2 Å². The van der Waals surface area contributed by atoms with Crippen LogP contribution in [0.5, 0.6) is 0 Å². The smallest absolute Gasteiger partial charge is 0.191 e. The third-order valence-corrected chi connectivity index (χ3v) is 7.40. The highest BCUT2D eigenvalue weighted by Gasteiger charge is 2.25. The monoisotopic (exact) mass is 407 g/mol. The van der Waals surface area contributed by atoms with Crippen molar-refractivity contribution in [2.45, 2.75) is 68.7 Å². The molecule has 1 aliphatic heterocycles. The number of thioether (sulfide) groups is 1. The zero-order valence-corrected chi connectivity index (χ0v) is 17.7. The predicted octanol–water partition coefficient (Wildman–Crippen LogP) is 5.80. The van der Waals surface area contributed by atoms with Gasteiger partial charge in [0, 0.05) is 24.8 Å². The Morgan fingerprint density at radius 2 is 1.79 bits per heavy atom. The first kappa shape index (κ1) is 19.1. The minimum Gasteiger partial charge on any atom is -0.377 e. The zero-order chi connectivity index (χ0) is 19.5. The van der Waals surface area contributed by atoms with Gasteiger partial charge in [-0.3, -0.25) is 0 Å². The molecule has 2 aliphatic rings. The van der Waals surface area contributed by atoms with Crippen LogP contribution in [0.15, 0.2) is 47.6 Å². The molecule has 2 fully saturated rings. The fourth-order valence-electron chi connectivity index (χ4n) is 4.79. The summed E-state index contributed by atoms with van der Waals surface area (Å²) in [6, 6.07) is 15.8. The summed E-state index contributed by atoms with van der Waals surface area (Å²) in [6.07, 6.45) is 10.0. The highest BCUT2D eigenvalue weighted by Crippen LogP contribution is 2.34. The third-order valence-electron chi connectivity index (χ3n) is 6.33. The van der Waals surface area contributed by atoms with Gasteiger partial charge in [-0.2, -0.15) is 0 Å². The summed E-state index contributed by atoms with van der Waals surface area (Å²) in [5.74, 6) is 2.10. The Morgan fingerprint density at radius 1 is 0.931 bits per heavy atom. The van der Waals surface area contributed by atoms with Crippen LogP contribution < -0.4 is 0 Å². The first-order chi connectivity index (χ1) is 14.4. The number of fused-ring (bicyclic) bond motifs is 1. The van der Waals surface area contributed by atoms with Crippen molar-refractivity contribution in [1.82, 2.24) is 14.8 Å². The summed E-state index contributed by atoms with van der Waals surface area (Å²) < 4.78 is 8.31. The molecule has 0 N–H and O–H groups in total. The second-order valence-electron chi connectivity index (χ2n) is 8.32. The molecule has 3 aromatic rings. The van der Waals surface area contributed by atoms with E-state index in [0.29, 0.717) is 12.1 Å². The second-order valence-corrected chi connectivity index (χ2v) is 9.31. The average molecular weight is 408 g/mol. The van der Waals surface area contributed by atoms with Gasteiger partial charge >= 0.3 is 0 Å². The molecule has 152 valence electrons. The number of rotatable bonds is 6. The summed E-state index contributed by atoms with van der Waals surface area (Å²) in [6.45, 7) is 0.910. The van der Waals surface area contributed by atoms with Crippen LogP contribution in [0.25, 0.3) is 10.8 Å². The number of nitrogens with zero attached hydrogens (tertiary/aromatic N) is 3. The average Bonchev–Trinajstić information content (AvgIpc) is 3.43. The van der Waals surface area contributed by atoms with Crippen molar-refractivity contribution < 1.29 is 4.74 Å². The Kier molecular flexibility index (Phi) is 5.86. The number of ether oxygens (including phenoxy) is 1. The number of hydrogen-bond acceptors (Lipinski definition) is 4. The maximum Gasteiger partial charge on any atom is 0.191 e. The molecule has 5 heteroatoms. The Labute approximate surface area is 177 Å². The van der Waals surface area contributed by atoms with Gasteiger partial charge in [0.1, 0.15) is 5.82 Å². The molecule has 1 aromatic heterocycles. The SMILES string of the molecule is c1ccc2c(Cc3nnc(SC[C@H]4CCCO4)n3C3CCCCC3)cccc2c1. The zero-order valence-electron chi connectivity index (χ0n) is 16.9. The van der Waals surface area contributed by atoms with E-state index in [4.69, 9.17) is 4.74 Å². The largest absolute Gasteiger partial charge is 0.377 e. The first-order valence-corrected chi connectivity index (χ1v) is 12.0. The topological polar surface area (TPSA) is 39.9 Å². The van der Waals surface area contributed by atoms with Gasteiger partial charge in [0.15, 0.2) is 5.16 Å². The van der Waals surface area contributed by atoms with Gasteiger partial charge in [0.2, 0.25) is 0 Å². The van der Waals surface area contributed by atoms with Crippen molar-refractivity contribution in [3.8, 4) is 0 Å². The molecule has 0 unspecified atom stereocenters. The van der Waals surface area contributed by atoms with E-state index in [0.717, 1.165) is 29.8 Å². The summed E-state index contributed by atoms with van der Waals surface area (Å²) in [5.41, 5.74) is 1.34. The molecule has 0 spiro atoms. The van der Waals surface area contributed by atoms with E-state index >= 15 is 0 Å². The highest BCUT2D eigenvalue weighted by atomic mass is 32.2. The van der Waals surface area contributed by atoms with E-state index in [1.807, 2.05) is 11.8 Å². The lowest BCUT2D eigenvalue weighted by molar-refractivity contribution is 0.128. The summed E-state index contributed by atoms with van der Waals surface area (Å²) >= 11 is 1.84. The van der Waals surface area contributed by atoms with Crippen LogP contribution >= 0.6 is 11.8 Å². The molecule has 1 saturated carbocycles. The van der Waals surface area contributed by atoms with Gasteiger partial charge < -0.3 is 9.30 Å². The quantitative estimate of drug-likeness (QED) is 0.484. The van der Waals surface area contributed by atoms with Gasteiger partial charge in [0.05, 0.1) is 6.10 Å². The number of benzene rings is 2. The molecule has 2 aromatic carbocycles. The second kappa shape index (κ2) is 8.88. The molecule has 29 heavy (non-hydrogen) atoms. The van der Waals surface area contributed by atoms with E-state index in [1.54, 1.807) is 0 Å². The van der Waals surface area contributed by atoms with Crippen LogP contribution in [0.1, 0.15) is 62.4 Å². The molecular formula is C24H29N3OS. The van der Waals surface area contributed by atoms with Gasteiger partial charge in [-0.1, -0.05) is 73.5 Å². The number of aromatic nitrogens is 3. The molecule has 1 atom stereocenters.